The maximum Gasteiger partial charge on any atom is 0.0894 e. The summed E-state index contributed by atoms with van der Waals surface area (Å²) in [4.78, 5) is 2.40. The van der Waals surface area contributed by atoms with Gasteiger partial charge < -0.3 is 10.4 Å². The van der Waals surface area contributed by atoms with E-state index in [9.17, 15) is 5.11 Å². The summed E-state index contributed by atoms with van der Waals surface area (Å²) < 4.78 is 0. The average molecular weight is 258 g/mol. The van der Waals surface area contributed by atoms with Crippen molar-refractivity contribution in [2.45, 2.75) is 31.3 Å². The highest BCUT2D eigenvalue weighted by molar-refractivity contribution is 5.63. The van der Waals surface area contributed by atoms with Gasteiger partial charge in [-0.15, -0.1) is 0 Å². The molecule has 3 rings (SSSR count). The molecule has 2 aliphatic heterocycles. The normalized spacial score (nSPS) is 30.1. The van der Waals surface area contributed by atoms with Crippen LogP contribution >= 0.6 is 0 Å². The number of anilines is 1. The third-order valence-corrected chi connectivity index (χ3v) is 4.69. The van der Waals surface area contributed by atoms with Crippen LogP contribution in [0.15, 0.2) is 35.9 Å². The van der Waals surface area contributed by atoms with Crippen LogP contribution < -0.4 is 5.32 Å². The molecule has 0 bridgehead atoms. The second-order valence-electron chi connectivity index (χ2n) is 5.89. The fourth-order valence-corrected chi connectivity index (χ4v) is 3.53. The van der Waals surface area contributed by atoms with Crippen molar-refractivity contribution < 1.29 is 5.11 Å². The molecular formula is C16H22N2O. The van der Waals surface area contributed by atoms with E-state index in [1.807, 2.05) is 6.92 Å². The summed E-state index contributed by atoms with van der Waals surface area (Å²) in [7, 11) is 2.19. The van der Waals surface area contributed by atoms with E-state index < -0.39 is 0 Å². The molecule has 1 aromatic carbocycles. The Hall–Kier alpha value is -1.32. The lowest BCUT2D eigenvalue weighted by molar-refractivity contribution is 0.284. The van der Waals surface area contributed by atoms with Gasteiger partial charge >= 0.3 is 0 Å². The molecule has 0 spiro atoms. The van der Waals surface area contributed by atoms with Gasteiger partial charge in [-0.2, -0.15) is 0 Å². The Morgan fingerprint density at radius 2 is 2.32 bits per heavy atom. The van der Waals surface area contributed by atoms with E-state index in [1.54, 1.807) is 0 Å². The molecule has 1 fully saturated rings. The molecule has 0 unspecified atom stereocenters. The van der Waals surface area contributed by atoms with Crippen molar-refractivity contribution in [2.75, 3.05) is 25.5 Å². The van der Waals surface area contributed by atoms with Gasteiger partial charge in [-0.25, -0.2) is 0 Å². The quantitative estimate of drug-likeness (QED) is 0.817. The Labute approximate surface area is 114 Å². The average Bonchev–Trinajstić information content (AvgIpc) is 2.92. The number of likely N-dealkylation sites (N-methyl/N-ethyl adjacent to an activating group) is 1. The molecular weight excluding hydrogens is 236 g/mol. The molecule has 19 heavy (non-hydrogen) atoms. The third-order valence-electron chi connectivity index (χ3n) is 4.69. The second-order valence-corrected chi connectivity index (χ2v) is 5.89. The number of aliphatic hydroxyl groups is 1. The van der Waals surface area contributed by atoms with Crippen molar-refractivity contribution in [2.24, 2.45) is 0 Å². The summed E-state index contributed by atoms with van der Waals surface area (Å²) in [5.41, 5.74) is 3.94. The van der Waals surface area contributed by atoms with E-state index in [0.29, 0.717) is 6.17 Å². The van der Waals surface area contributed by atoms with Gasteiger partial charge in [0, 0.05) is 17.6 Å². The second kappa shape index (κ2) is 4.66. The van der Waals surface area contributed by atoms with Crippen molar-refractivity contribution >= 4 is 5.69 Å². The number of nitrogens with zero attached hydrogens (tertiary/aromatic N) is 1. The molecule has 3 nitrogen and oxygen atoms in total. The minimum Gasteiger partial charge on any atom is -0.392 e. The predicted octanol–water partition coefficient (Wildman–Crippen LogP) is 2.34. The number of rotatable bonds is 3. The number of benzene rings is 1. The first-order valence-electron chi connectivity index (χ1n) is 7.00. The van der Waals surface area contributed by atoms with Crippen LogP contribution in [0.25, 0.3) is 0 Å². The molecule has 0 saturated carbocycles. The number of hydrogen-bond donors (Lipinski definition) is 2. The molecule has 2 N–H and O–H groups in total. The van der Waals surface area contributed by atoms with E-state index >= 15 is 0 Å². The van der Waals surface area contributed by atoms with Crippen molar-refractivity contribution in [1.82, 2.24) is 4.90 Å². The Morgan fingerprint density at radius 3 is 3.11 bits per heavy atom. The largest absolute Gasteiger partial charge is 0.392 e. The van der Waals surface area contributed by atoms with Gasteiger partial charge in [0.2, 0.25) is 0 Å². The molecule has 0 radical (unpaired) electrons. The Bertz CT molecular complexity index is 511. The molecule has 3 heteroatoms. The van der Waals surface area contributed by atoms with Gasteiger partial charge in [0.1, 0.15) is 0 Å². The zero-order chi connectivity index (χ0) is 13.5. The third kappa shape index (κ3) is 1.88. The molecule has 0 aliphatic carbocycles. The lowest BCUT2D eigenvalue weighted by atomic mass is 9.76. The molecule has 1 saturated heterocycles. The first kappa shape index (κ1) is 12.7. The Morgan fingerprint density at radius 1 is 1.53 bits per heavy atom. The summed E-state index contributed by atoms with van der Waals surface area (Å²) in [6.07, 6.45) is 4.76. The van der Waals surface area contributed by atoms with Crippen LogP contribution in [0.2, 0.25) is 0 Å². The first-order valence-corrected chi connectivity index (χ1v) is 7.00. The van der Waals surface area contributed by atoms with Crippen molar-refractivity contribution in [1.29, 1.82) is 0 Å². The highest BCUT2D eigenvalue weighted by Gasteiger charge is 2.51. The SMILES string of the molecule is C/C(=C\C[C@@]12CCN(C)[C@@H]1Nc1ccccc12)CO. The van der Waals surface area contributed by atoms with E-state index in [0.717, 1.165) is 18.5 Å². The summed E-state index contributed by atoms with van der Waals surface area (Å²) in [5, 5.41) is 12.9. The smallest absolute Gasteiger partial charge is 0.0894 e. The van der Waals surface area contributed by atoms with Crippen LogP contribution in [0.1, 0.15) is 25.3 Å². The highest BCUT2D eigenvalue weighted by atomic mass is 16.3. The highest BCUT2D eigenvalue weighted by Crippen LogP contribution is 2.50. The van der Waals surface area contributed by atoms with Gasteiger partial charge in [-0.05, 0) is 38.4 Å². The molecule has 1 aromatic rings. The van der Waals surface area contributed by atoms with Gasteiger partial charge in [-0.3, -0.25) is 4.90 Å². The van der Waals surface area contributed by atoms with Gasteiger partial charge in [0.05, 0.1) is 12.8 Å². The number of aliphatic hydroxyl groups excluding tert-OH is 1. The van der Waals surface area contributed by atoms with Crippen molar-refractivity contribution in [3.63, 3.8) is 0 Å². The van der Waals surface area contributed by atoms with Gasteiger partial charge in [0.25, 0.3) is 0 Å². The zero-order valence-corrected chi connectivity index (χ0v) is 11.7. The Balaban J connectivity index is 2.00. The fraction of sp³-hybridized carbons (Fsp3) is 0.500. The summed E-state index contributed by atoms with van der Waals surface area (Å²) in [5.74, 6) is 0. The molecule has 2 atom stereocenters. The van der Waals surface area contributed by atoms with Crippen LogP contribution in [0, 0.1) is 0 Å². The topological polar surface area (TPSA) is 35.5 Å². The van der Waals surface area contributed by atoms with Crippen molar-refractivity contribution in [3.8, 4) is 0 Å². The molecule has 0 amide bonds. The number of para-hydroxylation sites is 1. The molecule has 2 aliphatic rings. The maximum absolute atomic E-state index is 9.20. The van der Waals surface area contributed by atoms with E-state index in [2.05, 4.69) is 47.6 Å². The monoisotopic (exact) mass is 258 g/mol. The molecule has 102 valence electrons. The molecule has 2 heterocycles. The number of nitrogens with one attached hydrogen (secondary N) is 1. The van der Waals surface area contributed by atoms with Gasteiger partial charge in [0.15, 0.2) is 0 Å². The fourth-order valence-electron chi connectivity index (χ4n) is 3.53. The van der Waals surface area contributed by atoms with Crippen LogP contribution in [-0.2, 0) is 5.41 Å². The molecule has 0 aromatic heterocycles. The number of allylic oxidation sites excluding steroid dienone is 1. The van der Waals surface area contributed by atoms with Crippen LogP contribution in [0.5, 0.6) is 0 Å². The summed E-state index contributed by atoms with van der Waals surface area (Å²) >= 11 is 0. The first-order chi connectivity index (χ1) is 9.17. The van der Waals surface area contributed by atoms with Gasteiger partial charge in [-0.1, -0.05) is 29.8 Å². The zero-order valence-electron chi connectivity index (χ0n) is 11.7. The van der Waals surface area contributed by atoms with Crippen molar-refractivity contribution in [3.05, 3.63) is 41.5 Å². The number of likely N-dealkylation sites (tertiary alicyclic amines) is 1. The minimum atomic E-state index is 0.158. The number of fused-ring (bicyclic) bond motifs is 3. The standard InChI is InChI=1S/C16H22N2O/c1-12(11-19)7-8-16-9-10-18(2)15(16)17-14-6-4-3-5-13(14)16/h3-7,15,17,19H,8-11H2,1-2H3/b12-7+/t15-,16-/m0/s1. The van der Waals surface area contributed by atoms with E-state index in [4.69, 9.17) is 0 Å². The lowest BCUT2D eigenvalue weighted by Gasteiger charge is -2.30. The van der Waals surface area contributed by atoms with Crippen LogP contribution in [0.3, 0.4) is 0 Å². The predicted molar refractivity (Wildman–Crippen MR) is 78.2 cm³/mol. The Kier molecular flexibility index (Phi) is 3.11. The van der Waals surface area contributed by atoms with Crippen LogP contribution in [0.4, 0.5) is 5.69 Å². The van der Waals surface area contributed by atoms with E-state index in [1.165, 1.54) is 17.7 Å². The number of hydrogen-bond acceptors (Lipinski definition) is 3. The minimum absolute atomic E-state index is 0.158. The summed E-state index contributed by atoms with van der Waals surface area (Å²) in [6.45, 7) is 3.28. The van der Waals surface area contributed by atoms with Crippen LogP contribution in [-0.4, -0.2) is 36.4 Å². The maximum atomic E-state index is 9.20. The summed E-state index contributed by atoms with van der Waals surface area (Å²) in [6, 6.07) is 8.65. The van der Waals surface area contributed by atoms with E-state index in [-0.39, 0.29) is 12.0 Å². The lowest BCUT2D eigenvalue weighted by Crippen LogP contribution is -2.41.